The van der Waals surface area contributed by atoms with Crippen molar-refractivity contribution in [3.63, 3.8) is 0 Å². The Bertz CT molecular complexity index is 1600. The van der Waals surface area contributed by atoms with Gasteiger partial charge >= 0.3 is 17.9 Å². The molecule has 0 amide bonds. The molecule has 0 heterocycles. The number of rotatable bonds is 53. The topological polar surface area (TPSA) is 78.9 Å². The summed E-state index contributed by atoms with van der Waals surface area (Å²) in [5, 5.41) is 0. The number of allylic oxidation sites excluding steroid dienone is 22. The van der Waals surface area contributed by atoms with Crippen molar-refractivity contribution in [1.29, 1.82) is 0 Å². The quantitative estimate of drug-likeness (QED) is 0.0261. The minimum Gasteiger partial charge on any atom is -0.462 e. The van der Waals surface area contributed by atoms with Crippen LogP contribution >= 0.6 is 0 Å². The summed E-state index contributed by atoms with van der Waals surface area (Å²) in [4.78, 5) is 38.2. The number of ether oxygens (including phenoxy) is 3. The maximum Gasteiger partial charge on any atom is 0.306 e. The summed E-state index contributed by atoms with van der Waals surface area (Å²) < 4.78 is 16.8. The second-order valence-electron chi connectivity index (χ2n) is 19.5. The van der Waals surface area contributed by atoms with Gasteiger partial charge in [-0.15, -0.1) is 0 Å². The van der Waals surface area contributed by atoms with E-state index in [0.29, 0.717) is 19.3 Å². The maximum absolute atomic E-state index is 12.9. The fourth-order valence-corrected chi connectivity index (χ4v) is 7.97. The molecule has 0 aliphatic carbocycles. The van der Waals surface area contributed by atoms with Crippen molar-refractivity contribution in [1.82, 2.24) is 0 Å². The molecular formula is C68H110O6. The van der Waals surface area contributed by atoms with Crippen LogP contribution in [0.25, 0.3) is 0 Å². The Balaban J connectivity index is 4.56. The Morgan fingerprint density at radius 1 is 0.284 bits per heavy atom. The molecule has 0 aromatic rings. The molecule has 0 bridgehead atoms. The van der Waals surface area contributed by atoms with Crippen molar-refractivity contribution in [2.75, 3.05) is 13.2 Å². The van der Waals surface area contributed by atoms with E-state index < -0.39 is 6.10 Å². The second-order valence-corrected chi connectivity index (χ2v) is 19.5. The van der Waals surface area contributed by atoms with Crippen LogP contribution in [0.5, 0.6) is 0 Å². The van der Waals surface area contributed by atoms with Crippen LogP contribution in [0.15, 0.2) is 134 Å². The van der Waals surface area contributed by atoms with E-state index in [1.54, 1.807) is 0 Å². The highest BCUT2D eigenvalue weighted by Crippen LogP contribution is 2.15. The highest BCUT2D eigenvalue weighted by atomic mass is 16.6. The molecule has 74 heavy (non-hydrogen) atoms. The van der Waals surface area contributed by atoms with Gasteiger partial charge in [-0.25, -0.2) is 0 Å². The lowest BCUT2D eigenvalue weighted by molar-refractivity contribution is -0.166. The zero-order chi connectivity index (χ0) is 53.6. The summed E-state index contributed by atoms with van der Waals surface area (Å²) in [6.45, 7) is 6.33. The molecule has 0 aliphatic heterocycles. The number of esters is 3. The number of unbranched alkanes of at least 4 members (excludes halogenated alkanes) is 20. The van der Waals surface area contributed by atoms with Crippen molar-refractivity contribution < 1.29 is 28.6 Å². The molecule has 0 fully saturated rings. The molecule has 418 valence electrons. The van der Waals surface area contributed by atoms with Crippen molar-refractivity contribution in [2.24, 2.45) is 0 Å². The average Bonchev–Trinajstić information content (AvgIpc) is 3.40. The van der Waals surface area contributed by atoms with E-state index in [4.69, 9.17) is 14.2 Å². The molecule has 0 spiro atoms. The van der Waals surface area contributed by atoms with Crippen molar-refractivity contribution in [3.05, 3.63) is 134 Å². The van der Waals surface area contributed by atoms with Gasteiger partial charge < -0.3 is 14.2 Å². The van der Waals surface area contributed by atoms with Crippen LogP contribution in [0, 0.1) is 0 Å². The van der Waals surface area contributed by atoms with Crippen LogP contribution in [-0.2, 0) is 28.6 Å². The molecule has 6 nitrogen and oxygen atoms in total. The lowest BCUT2D eigenvalue weighted by Crippen LogP contribution is -2.30. The minimum atomic E-state index is -0.831. The Morgan fingerprint density at radius 3 is 0.905 bits per heavy atom. The molecule has 0 radical (unpaired) electrons. The molecule has 0 aromatic heterocycles. The summed E-state index contributed by atoms with van der Waals surface area (Å²) >= 11 is 0. The molecular weight excluding hydrogens is 913 g/mol. The van der Waals surface area contributed by atoms with E-state index in [9.17, 15) is 14.4 Å². The molecule has 1 atom stereocenters. The van der Waals surface area contributed by atoms with E-state index in [2.05, 4.69) is 148 Å². The van der Waals surface area contributed by atoms with Gasteiger partial charge in [-0.3, -0.25) is 14.4 Å². The van der Waals surface area contributed by atoms with E-state index in [0.717, 1.165) is 109 Å². The molecule has 0 N–H and O–H groups in total. The van der Waals surface area contributed by atoms with Gasteiger partial charge in [0.15, 0.2) is 6.10 Å². The molecule has 0 saturated heterocycles. The van der Waals surface area contributed by atoms with Crippen molar-refractivity contribution in [2.45, 2.75) is 264 Å². The highest BCUT2D eigenvalue weighted by Gasteiger charge is 2.19. The van der Waals surface area contributed by atoms with Crippen molar-refractivity contribution >= 4 is 17.9 Å². The average molecular weight is 1020 g/mol. The first kappa shape index (κ1) is 69.5. The van der Waals surface area contributed by atoms with Gasteiger partial charge in [0, 0.05) is 19.3 Å². The first-order chi connectivity index (χ1) is 36.5. The summed E-state index contributed by atoms with van der Waals surface area (Å²) in [7, 11) is 0. The Labute approximate surface area is 455 Å². The standard InChI is InChI=1S/C68H110O6/c1-4-7-10-13-16-19-22-25-28-31-34-37-40-43-46-49-52-55-58-61-67(70)73-64-65(63-72-66(69)60-57-54-51-48-45-42-39-36-33-30-27-24-21-18-15-12-9-6-3)74-68(71)62-59-56-53-50-47-44-41-38-35-32-29-26-23-20-17-14-11-8-5-2/h7-8,10-11,16-17,19-20,25-26,28-29,34-35,37-38,43-44,46-47,52,55,65H,4-6,9,12-15,18,21-24,27,30-33,36,39-42,45,48-51,53-54,56-64H2,1-3H3/b10-7+,11-8+,19-16+,20-17+,28-25+,29-26+,37-34+,38-35+,46-43+,47-44+,55-52+/t65-/m1/s1. The van der Waals surface area contributed by atoms with Crippen LogP contribution in [0.3, 0.4) is 0 Å². The fraction of sp³-hybridized carbons (Fsp3) is 0.632. The number of hydrogen-bond acceptors (Lipinski definition) is 6. The van der Waals surface area contributed by atoms with Crippen LogP contribution in [0.1, 0.15) is 258 Å². The van der Waals surface area contributed by atoms with E-state index >= 15 is 0 Å². The van der Waals surface area contributed by atoms with E-state index in [-0.39, 0.29) is 44.0 Å². The van der Waals surface area contributed by atoms with Crippen molar-refractivity contribution in [3.8, 4) is 0 Å². The Hall–Kier alpha value is -4.45. The van der Waals surface area contributed by atoms with Crippen LogP contribution in [-0.4, -0.2) is 37.2 Å². The van der Waals surface area contributed by atoms with Gasteiger partial charge in [0.05, 0.1) is 0 Å². The summed E-state index contributed by atoms with van der Waals surface area (Å²) in [6, 6.07) is 0. The normalized spacial score (nSPS) is 13.1. The first-order valence-electron chi connectivity index (χ1n) is 30.2. The molecule has 0 rings (SSSR count). The SMILES string of the molecule is CC/C=C/C/C=C/C/C=C/C/C=C/C/C=C/C/C=C/CCC(=O)OC[C@@H](COC(=O)CCCCCCCCCCCCCCCCCCCC)OC(=O)CCCCC/C=C/C/C=C/C/C=C/C/C=C/C/C=C/CC. The Kier molecular flexibility index (Phi) is 57.4. The molecule has 0 aliphatic rings. The fourth-order valence-electron chi connectivity index (χ4n) is 7.97. The summed E-state index contributed by atoms with van der Waals surface area (Å²) in [5.41, 5.74) is 0. The number of carbonyl (C=O) groups excluding carboxylic acids is 3. The third-order valence-electron chi connectivity index (χ3n) is 12.4. The summed E-state index contributed by atoms with van der Waals surface area (Å²) in [6.07, 6.45) is 86.0. The van der Waals surface area contributed by atoms with Gasteiger partial charge in [-0.05, 0) is 103 Å². The molecule has 0 aromatic carbocycles. The molecule has 6 heteroatoms. The van der Waals surface area contributed by atoms with Gasteiger partial charge in [-0.1, -0.05) is 270 Å². The lowest BCUT2D eigenvalue weighted by Gasteiger charge is -2.18. The smallest absolute Gasteiger partial charge is 0.306 e. The minimum absolute atomic E-state index is 0.117. The zero-order valence-corrected chi connectivity index (χ0v) is 47.8. The number of carbonyl (C=O) groups is 3. The van der Waals surface area contributed by atoms with E-state index in [1.165, 1.54) is 96.3 Å². The van der Waals surface area contributed by atoms with Gasteiger partial charge in [-0.2, -0.15) is 0 Å². The maximum atomic E-state index is 12.9. The van der Waals surface area contributed by atoms with Crippen LogP contribution < -0.4 is 0 Å². The predicted octanol–water partition coefficient (Wildman–Crippen LogP) is 20.6. The largest absolute Gasteiger partial charge is 0.462 e. The zero-order valence-electron chi connectivity index (χ0n) is 47.8. The second kappa shape index (κ2) is 61.1. The Morgan fingerprint density at radius 2 is 0.554 bits per heavy atom. The van der Waals surface area contributed by atoms with Gasteiger partial charge in [0.25, 0.3) is 0 Å². The predicted molar refractivity (Wildman–Crippen MR) is 320 cm³/mol. The van der Waals surface area contributed by atoms with E-state index in [1.807, 2.05) is 6.08 Å². The lowest BCUT2D eigenvalue weighted by atomic mass is 10.0. The highest BCUT2D eigenvalue weighted by molar-refractivity contribution is 5.71. The molecule has 0 saturated carbocycles. The number of hydrogen-bond donors (Lipinski definition) is 0. The van der Waals surface area contributed by atoms with Crippen LogP contribution in [0.2, 0.25) is 0 Å². The monoisotopic (exact) mass is 1020 g/mol. The van der Waals surface area contributed by atoms with Crippen LogP contribution in [0.4, 0.5) is 0 Å². The molecule has 0 unspecified atom stereocenters. The third-order valence-corrected chi connectivity index (χ3v) is 12.4. The van der Waals surface area contributed by atoms with Gasteiger partial charge in [0.1, 0.15) is 13.2 Å². The van der Waals surface area contributed by atoms with Gasteiger partial charge in [0.2, 0.25) is 0 Å². The third kappa shape index (κ3) is 58.4. The first-order valence-corrected chi connectivity index (χ1v) is 30.2. The summed E-state index contributed by atoms with van der Waals surface area (Å²) in [5.74, 6) is -1.04.